The minimum absolute atomic E-state index is 0.128. The lowest BCUT2D eigenvalue weighted by Crippen LogP contribution is -2.35. The van der Waals surface area contributed by atoms with Crippen LogP contribution in [0.15, 0.2) is 32.1 Å². The smallest absolute Gasteiger partial charge is 0.267 e. The van der Waals surface area contributed by atoms with Gasteiger partial charge in [-0.3, -0.25) is 0 Å². The second-order valence-electron chi connectivity index (χ2n) is 10.5. The average Bonchev–Trinajstić information content (AvgIpc) is 3.08. The molecule has 0 saturated heterocycles. The monoisotopic (exact) mass is 543 g/mol. The molecule has 178 valence electrons. The van der Waals surface area contributed by atoms with Gasteiger partial charge in [0.2, 0.25) is 5.82 Å². The van der Waals surface area contributed by atoms with E-state index in [0.717, 1.165) is 24.6 Å². The van der Waals surface area contributed by atoms with Crippen LogP contribution in [-0.4, -0.2) is 41.5 Å². The van der Waals surface area contributed by atoms with Crippen molar-refractivity contribution in [2.75, 3.05) is 24.2 Å². The number of hydrogen-bond acceptors (Lipinski definition) is 6. The number of nitrogens with one attached hydrogen (secondary N) is 1. The van der Waals surface area contributed by atoms with E-state index in [-0.39, 0.29) is 22.9 Å². The molecular weight excluding hydrogens is 510 g/mol. The van der Waals surface area contributed by atoms with Gasteiger partial charge in [-0.25, -0.2) is 12.7 Å². The van der Waals surface area contributed by atoms with Crippen LogP contribution in [-0.2, 0) is 33.1 Å². The Morgan fingerprint density at radius 3 is 2.59 bits per heavy atom. The molecule has 0 saturated carbocycles. The van der Waals surface area contributed by atoms with E-state index >= 15 is 0 Å². The van der Waals surface area contributed by atoms with E-state index in [9.17, 15) is 8.42 Å². The molecule has 0 radical (unpaired) electrons. The molecule has 0 amide bonds. The summed E-state index contributed by atoms with van der Waals surface area (Å²) in [5.74, 6) is 0.795. The fourth-order valence-electron chi connectivity index (χ4n) is 3.41. The van der Waals surface area contributed by atoms with Crippen molar-refractivity contribution in [2.24, 2.45) is 0 Å². The van der Waals surface area contributed by atoms with Crippen molar-refractivity contribution in [2.45, 2.75) is 69.7 Å². The molecule has 0 unspecified atom stereocenters. The first-order valence-corrected chi connectivity index (χ1v) is 16.8. The summed E-state index contributed by atoms with van der Waals surface area (Å²) >= 11 is 3.53. The number of anilines is 1. The molecule has 32 heavy (non-hydrogen) atoms. The van der Waals surface area contributed by atoms with Crippen molar-refractivity contribution < 1.29 is 17.7 Å². The average molecular weight is 545 g/mol. The van der Waals surface area contributed by atoms with Crippen LogP contribution in [0.5, 0.6) is 0 Å². The van der Waals surface area contributed by atoms with Gasteiger partial charge in [-0.05, 0) is 58.2 Å². The van der Waals surface area contributed by atoms with E-state index in [0.29, 0.717) is 23.4 Å². The lowest BCUT2D eigenvalue weighted by molar-refractivity contribution is 0.155. The van der Waals surface area contributed by atoms with Crippen molar-refractivity contribution in [3.8, 4) is 0 Å². The van der Waals surface area contributed by atoms with Crippen LogP contribution in [0.25, 0.3) is 0 Å². The van der Waals surface area contributed by atoms with Gasteiger partial charge in [0.15, 0.2) is 5.76 Å². The molecule has 0 aliphatic carbocycles. The van der Waals surface area contributed by atoms with E-state index in [4.69, 9.17) is 9.26 Å². The van der Waals surface area contributed by atoms with Gasteiger partial charge in [-0.15, -0.1) is 0 Å². The Morgan fingerprint density at radius 2 is 1.97 bits per heavy atom. The zero-order valence-electron chi connectivity index (χ0n) is 19.8. The maximum absolute atomic E-state index is 13.8. The zero-order chi connectivity index (χ0) is 23.7. The first-order valence-electron chi connectivity index (χ1n) is 10.9. The standard InChI is InChI=1S/C22H34BrN3O4SSi/c1-22(2,3)20-19(23)21(25-30-20)26(15-29-11-12-32(4,5)6)31(27,28)18-8-7-16-9-10-24-14-17(16)13-18/h7-8,13,24H,9-12,14-15H2,1-6H3. The molecular formula is C22H34BrN3O4SSi. The topological polar surface area (TPSA) is 84.7 Å². The zero-order valence-corrected chi connectivity index (χ0v) is 23.2. The minimum atomic E-state index is -3.92. The number of halogens is 1. The summed E-state index contributed by atoms with van der Waals surface area (Å²) in [4.78, 5) is 0.223. The van der Waals surface area contributed by atoms with Crippen molar-refractivity contribution in [3.63, 3.8) is 0 Å². The first-order chi connectivity index (χ1) is 14.8. The quantitative estimate of drug-likeness (QED) is 0.290. The van der Waals surface area contributed by atoms with Crippen LogP contribution in [0, 0.1) is 0 Å². The lowest BCUT2D eigenvalue weighted by Gasteiger charge is -2.25. The predicted octanol–water partition coefficient (Wildman–Crippen LogP) is 4.89. The summed E-state index contributed by atoms with van der Waals surface area (Å²) in [5.41, 5.74) is 1.85. The molecule has 0 atom stereocenters. The number of sulfonamides is 1. The Labute approximate surface area is 201 Å². The van der Waals surface area contributed by atoms with Crippen LogP contribution in [0.3, 0.4) is 0 Å². The maximum atomic E-state index is 13.8. The molecule has 1 N–H and O–H groups in total. The number of rotatable bonds is 8. The fraction of sp³-hybridized carbons (Fsp3) is 0.591. The Hall–Kier alpha value is -1.20. The Morgan fingerprint density at radius 1 is 1.25 bits per heavy atom. The predicted molar refractivity (Wildman–Crippen MR) is 133 cm³/mol. The van der Waals surface area contributed by atoms with Gasteiger partial charge in [-0.2, -0.15) is 0 Å². The van der Waals surface area contributed by atoms with Gasteiger partial charge in [0, 0.05) is 26.6 Å². The van der Waals surface area contributed by atoms with Gasteiger partial charge in [0.25, 0.3) is 10.0 Å². The highest BCUT2D eigenvalue weighted by Gasteiger charge is 2.34. The van der Waals surface area contributed by atoms with Crippen molar-refractivity contribution >= 4 is 39.8 Å². The second-order valence-corrected chi connectivity index (χ2v) is 18.7. The van der Waals surface area contributed by atoms with E-state index in [1.807, 2.05) is 26.8 Å². The summed E-state index contributed by atoms with van der Waals surface area (Å²) in [7, 11) is -5.23. The molecule has 10 heteroatoms. The van der Waals surface area contributed by atoms with Crippen LogP contribution in [0.1, 0.15) is 37.7 Å². The number of nitrogens with zero attached hydrogens (tertiary/aromatic N) is 2. The van der Waals surface area contributed by atoms with Gasteiger partial charge < -0.3 is 14.6 Å². The third-order valence-corrected chi connectivity index (χ3v) is 9.52. The van der Waals surface area contributed by atoms with Crippen LogP contribution < -0.4 is 9.62 Å². The molecule has 0 spiro atoms. The normalized spacial score (nSPS) is 15.0. The van der Waals surface area contributed by atoms with Gasteiger partial charge in [0.05, 0.1) is 4.90 Å². The highest BCUT2D eigenvalue weighted by molar-refractivity contribution is 9.10. The fourth-order valence-corrected chi connectivity index (χ4v) is 6.59. The molecule has 1 aromatic heterocycles. The van der Waals surface area contributed by atoms with Crippen molar-refractivity contribution in [1.82, 2.24) is 10.5 Å². The van der Waals surface area contributed by atoms with E-state index in [1.165, 1.54) is 9.87 Å². The van der Waals surface area contributed by atoms with Gasteiger partial charge >= 0.3 is 0 Å². The first kappa shape index (κ1) is 25.4. The lowest BCUT2D eigenvalue weighted by atomic mass is 9.93. The summed E-state index contributed by atoms with van der Waals surface area (Å²) in [6, 6.07) is 6.28. The number of fused-ring (bicyclic) bond motifs is 1. The maximum Gasteiger partial charge on any atom is 0.267 e. The second kappa shape index (κ2) is 9.58. The molecule has 1 aliphatic heterocycles. The molecule has 2 heterocycles. The Balaban J connectivity index is 1.97. The van der Waals surface area contributed by atoms with Crippen molar-refractivity contribution in [1.29, 1.82) is 0 Å². The molecule has 1 aromatic carbocycles. The largest absolute Gasteiger partial charge is 0.360 e. The van der Waals surface area contributed by atoms with E-state index < -0.39 is 18.1 Å². The third-order valence-electron chi connectivity index (χ3n) is 5.39. The third kappa shape index (κ3) is 5.83. The Bertz CT molecular complexity index is 1060. The molecule has 7 nitrogen and oxygen atoms in total. The summed E-state index contributed by atoms with van der Waals surface area (Å²) in [6.45, 7) is 14.7. The van der Waals surface area contributed by atoms with Gasteiger partial charge in [0.1, 0.15) is 11.2 Å². The highest BCUT2D eigenvalue weighted by atomic mass is 79.9. The molecule has 3 rings (SSSR count). The van der Waals surface area contributed by atoms with E-state index in [1.54, 1.807) is 12.1 Å². The van der Waals surface area contributed by atoms with Crippen molar-refractivity contribution in [3.05, 3.63) is 39.6 Å². The Kier molecular flexibility index (Phi) is 7.61. The van der Waals surface area contributed by atoms with Crippen LogP contribution in [0.2, 0.25) is 25.7 Å². The van der Waals surface area contributed by atoms with Gasteiger partial charge in [-0.1, -0.05) is 51.6 Å². The summed E-state index contributed by atoms with van der Waals surface area (Å²) in [5, 5.41) is 7.43. The summed E-state index contributed by atoms with van der Waals surface area (Å²) in [6.07, 6.45) is 0.892. The molecule has 2 aromatic rings. The van der Waals surface area contributed by atoms with E-state index in [2.05, 4.69) is 46.0 Å². The molecule has 0 bridgehead atoms. The number of benzene rings is 1. The highest BCUT2D eigenvalue weighted by Crippen LogP contribution is 2.38. The molecule has 0 fully saturated rings. The molecule has 1 aliphatic rings. The number of aromatic nitrogens is 1. The number of hydrogen-bond donors (Lipinski definition) is 1. The van der Waals surface area contributed by atoms with Crippen LogP contribution >= 0.6 is 15.9 Å². The SMILES string of the molecule is CC(C)(C)c1onc(N(COCC[Si](C)(C)C)S(=O)(=O)c2ccc3c(c2)CNCC3)c1Br. The summed E-state index contributed by atoms with van der Waals surface area (Å²) < 4.78 is 40.7. The van der Waals surface area contributed by atoms with Crippen LogP contribution in [0.4, 0.5) is 5.82 Å². The number of ether oxygens (including phenoxy) is 1. The minimum Gasteiger partial charge on any atom is -0.360 e.